The molecule has 0 aliphatic rings. The van der Waals surface area contributed by atoms with E-state index in [0.717, 1.165) is 47.3 Å². The molecular formula is C34H34F4N6O2S. The summed E-state index contributed by atoms with van der Waals surface area (Å²) in [5, 5.41) is 9.33. The van der Waals surface area contributed by atoms with Gasteiger partial charge in [0.2, 0.25) is 0 Å². The van der Waals surface area contributed by atoms with Gasteiger partial charge in [-0.15, -0.1) is 29.6 Å². The number of rotatable bonds is 10. The monoisotopic (exact) mass is 666 g/mol. The highest BCUT2D eigenvalue weighted by molar-refractivity contribution is 7.07. The Kier molecular flexibility index (Phi) is 10.2. The lowest BCUT2D eigenvalue weighted by molar-refractivity contribution is -0.274. The maximum atomic E-state index is 14.0. The van der Waals surface area contributed by atoms with E-state index in [1.54, 1.807) is 6.07 Å². The van der Waals surface area contributed by atoms with Crippen LogP contribution < -0.4 is 14.9 Å². The molecule has 5 rings (SSSR count). The first-order valence-electron chi connectivity index (χ1n) is 15.1. The number of thiazole rings is 1. The first kappa shape index (κ1) is 33.6. The lowest BCUT2D eigenvalue weighted by atomic mass is 10.0. The molecule has 0 aliphatic heterocycles. The molecule has 0 spiro atoms. The van der Waals surface area contributed by atoms with Gasteiger partial charge in [-0.2, -0.15) is 4.99 Å². The summed E-state index contributed by atoms with van der Waals surface area (Å²) < 4.78 is 58.5. The number of aromatic nitrogens is 4. The Labute approximate surface area is 273 Å². The van der Waals surface area contributed by atoms with Gasteiger partial charge in [-0.3, -0.25) is 4.57 Å². The van der Waals surface area contributed by atoms with Gasteiger partial charge in [0.1, 0.15) is 17.9 Å². The van der Waals surface area contributed by atoms with E-state index in [0.29, 0.717) is 16.3 Å². The number of nitrogens with zero attached hydrogens (tertiary/aromatic N) is 5. The molecule has 47 heavy (non-hydrogen) atoms. The molecular weight excluding hydrogens is 632 g/mol. The molecule has 2 aromatic heterocycles. The van der Waals surface area contributed by atoms with Gasteiger partial charge in [0.05, 0.1) is 11.4 Å². The predicted octanol–water partition coefficient (Wildman–Crippen LogP) is 8.28. The summed E-state index contributed by atoms with van der Waals surface area (Å²) >= 11 is 1.36. The highest BCUT2D eigenvalue weighted by Crippen LogP contribution is 2.26. The highest BCUT2D eigenvalue weighted by atomic mass is 32.1. The number of carbonyl (C=O) groups is 1. The quantitative estimate of drug-likeness (QED) is 0.152. The minimum atomic E-state index is -4.75. The molecule has 5 aromatic rings. The Morgan fingerprint density at radius 3 is 2.45 bits per heavy atom. The van der Waals surface area contributed by atoms with Gasteiger partial charge in [0.25, 0.3) is 0 Å². The van der Waals surface area contributed by atoms with Crippen LogP contribution in [-0.2, 0) is 6.42 Å². The van der Waals surface area contributed by atoms with E-state index >= 15 is 0 Å². The van der Waals surface area contributed by atoms with Gasteiger partial charge < -0.3 is 10.1 Å². The van der Waals surface area contributed by atoms with Gasteiger partial charge in [-0.1, -0.05) is 38.1 Å². The van der Waals surface area contributed by atoms with Crippen LogP contribution in [0.5, 0.6) is 5.75 Å². The minimum absolute atomic E-state index is 0.0881. The van der Waals surface area contributed by atoms with Crippen molar-refractivity contribution in [2.24, 2.45) is 4.99 Å². The largest absolute Gasteiger partial charge is 0.573 e. The number of hydrogen-bond acceptors (Lipinski definition) is 5. The number of halogens is 4. The second-order valence-corrected chi connectivity index (χ2v) is 12.3. The summed E-state index contributed by atoms with van der Waals surface area (Å²) in [4.78, 5) is 22.0. The molecule has 3 aromatic carbocycles. The van der Waals surface area contributed by atoms with Crippen molar-refractivity contribution in [3.63, 3.8) is 0 Å². The number of amides is 2. The second kappa shape index (κ2) is 14.3. The van der Waals surface area contributed by atoms with Crippen LogP contribution in [0.25, 0.3) is 22.8 Å². The molecule has 0 radical (unpaired) electrons. The Hall–Kier alpha value is -4.78. The fourth-order valence-electron chi connectivity index (χ4n) is 5.11. The van der Waals surface area contributed by atoms with E-state index in [-0.39, 0.29) is 23.5 Å². The van der Waals surface area contributed by atoms with Crippen LogP contribution in [0.1, 0.15) is 56.4 Å². The molecule has 13 heteroatoms. The van der Waals surface area contributed by atoms with Crippen molar-refractivity contribution in [3.8, 4) is 28.5 Å². The summed E-state index contributed by atoms with van der Waals surface area (Å²) in [7, 11) is 0. The molecule has 0 saturated heterocycles. The van der Waals surface area contributed by atoms with Crippen LogP contribution in [0.15, 0.2) is 83.4 Å². The summed E-state index contributed by atoms with van der Waals surface area (Å²) in [5.41, 5.74) is 5.02. The van der Waals surface area contributed by atoms with E-state index < -0.39 is 12.4 Å². The third kappa shape index (κ3) is 8.73. The van der Waals surface area contributed by atoms with Crippen LogP contribution in [0.2, 0.25) is 0 Å². The van der Waals surface area contributed by atoms with E-state index in [1.807, 2.05) is 61.9 Å². The van der Waals surface area contributed by atoms with E-state index in [2.05, 4.69) is 25.1 Å². The molecule has 8 nitrogen and oxygen atoms in total. The first-order valence-corrected chi connectivity index (χ1v) is 15.9. The number of urea groups is 1. The molecule has 246 valence electrons. The second-order valence-electron chi connectivity index (χ2n) is 11.5. The normalized spacial score (nSPS) is 12.8. The molecule has 1 N–H and O–H groups in total. The van der Waals surface area contributed by atoms with Crippen LogP contribution in [0, 0.1) is 12.7 Å². The molecule has 1 unspecified atom stereocenters. The van der Waals surface area contributed by atoms with Crippen LogP contribution in [0.3, 0.4) is 0 Å². The number of benzene rings is 3. The lowest BCUT2D eigenvalue weighted by Gasteiger charge is -2.15. The lowest BCUT2D eigenvalue weighted by Crippen LogP contribution is -2.32. The number of aryl methyl sites for hydroxylation is 2. The first-order chi connectivity index (χ1) is 22.4. The van der Waals surface area contributed by atoms with Crippen molar-refractivity contribution in [2.75, 3.05) is 0 Å². The standard InChI is InChI=1S/C34H34F4N6O2S/c1-21(2)29-18-26(35)12-17-30(29)44-23(4)19-47-33(44)41-32(45)40-22(3)6-5-7-24-8-10-25(11-9-24)31-39-20-43(42-31)27-13-15-28(16-14-27)46-34(36,37)38/h8-22H,5-7H2,1-4H3,(H,40,45). The third-order valence-electron chi connectivity index (χ3n) is 7.44. The molecule has 0 aliphatic carbocycles. The zero-order valence-electron chi connectivity index (χ0n) is 26.3. The number of nitrogens with one attached hydrogen (secondary N) is 1. The molecule has 0 fully saturated rings. The number of hydrogen-bond donors (Lipinski definition) is 1. The topological polar surface area (TPSA) is 86.3 Å². The average Bonchev–Trinajstić information content (AvgIpc) is 3.64. The number of ether oxygens (including phenoxy) is 1. The fourth-order valence-corrected chi connectivity index (χ4v) is 5.98. The Morgan fingerprint density at radius 1 is 1.04 bits per heavy atom. The van der Waals surface area contributed by atoms with Crippen LogP contribution in [-0.4, -0.2) is 37.8 Å². The zero-order chi connectivity index (χ0) is 33.7. The summed E-state index contributed by atoms with van der Waals surface area (Å²) in [6, 6.07) is 17.4. The SMILES string of the molecule is Cc1csc(=NC(=O)NC(C)CCCc2ccc(-c3ncn(-c4ccc(OC(F)(F)F)cc4)n3)cc2)n1-c1ccc(F)cc1C(C)C. The summed E-state index contributed by atoms with van der Waals surface area (Å²) in [5.74, 6) is -0.0437. The van der Waals surface area contributed by atoms with Gasteiger partial charge in [-0.25, -0.2) is 18.9 Å². The molecule has 2 amide bonds. The van der Waals surface area contributed by atoms with Crippen molar-refractivity contribution >= 4 is 17.4 Å². The van der Waals surface area contributed by atoms with E-state index in [4.69, 9.17) is 0 Å². The van der Waals surface area contributed by atoms with Gasteiger partial charge in [0, 0.05) is 22.7 Å². The van der Waals surface area contributed by atoms with Gasteiger partial charge in [-0.05, 0) is 92.6 Å². The van der Waals surface area contributed by atoms with Crippen molar-refractivity contribution in [2.45, 2.75) is 65.3 Å². The van der Waals surface area contributed by atoms with Crippen molar-refractivity contribution in [3.05, 3.63) is 106 Å². The maximum Gasteiger partial charge on any atom is 0.573 e. The van der Waals surface area contributed by atoms with Gasteiger partial charge >= 0.3 is 12.4 Å². The van der Waals surface area contributed by atoms with Crippen molar-refractivity contribution in [1.82, 2.24) is 24.6 Å². The zero-order valence-corrected chi connectivity index (χ0v) is 27.1. The van der Waals surface area contributed by atoms with E-state index in [1.165, 1.54) is 58.7 Å². The summed E-state index contributed by atoms with van der Waals surface area (Å²) in [6.07, 6.45) is -0.861. The van der Waals surface area contributed by atoms with Crippen molar-refractivity contribution in [1.29, 1.82) is 0 Å². The minimum Gasteiger partial charge on any atom is -0.406 e. The average molecular weight is 667 g/mol. The molecule has 0 saturated carbocycles. The predicted molar refractivity (Wildman–Crippen MR) is 172 cm³/mol. The molecule has 0 bridgehead atoms. The van der Waals surface area contributed by atoms with E-state index in [9.17, 15) is 22.4 Å². The number of carbonyl (C=O) groups excluding carboxylic acids is 1. The fraction of sp³-hybridized carbons (Fsp3) is 0.294. The maximum absolute atomic E-state index is 14.0. The third-order valence-corrected chi connectivity index (χ3v) is 8.38. The van der Waals surface area contributed by atoms with Gasteiger partial charge in [0.15, 0.2) is 10.6 Å². The Morgan fingerprint density at radius 2 is 1.77 bits per heavy atom. The smallest absolute Gasteiger partial charge is 0.406 e. The number of alkyl halides is 3. The molecule has 1 atom stereocenters. The highest BCUT2D eigenvalue weighted by Gasteiger charge is 2.31. The van der Waals surface area contributed by atoms with Crippen LogP contribution >= 0.6 is 11.3 Å². The Balaban J connectivity index is 1.14. The summed E-state index contributed by atoms with van der Waals surface area (Å²) in [6.45, 7) is 7.88. The van der Waals surface area contributed by atoms with Crippen molar-refractivity contribution < 1.29 is 27.1 Å². The Bertz CT molecular complexity index is 1890. The van der Waals surface area contributed by atoms with Crippen LogP contribution in [0.4, 0.5) is 22.4 Å². The molecule has 2 heterocycles.